The van der Waals surface area contributed by atoms with Crippen LogP contribution in [0.2, 0.25) is 0 Å². The highest BCUT2D eigenvalue weighted by Crippen LogP contribution is 2.24. The predicted octanol–water partition coefficient (Wildman–Crippen LogP) is 2.44. The van der Waals surface area contributed by atoms with Crippen LogP contribution in [-0.4, -0.2) is 18.1 Å². The van der Waals surface area contributed by atoms with Gasteiger partial charge in [0.05, 0.1) is 7.11 Å². The van der Waals surface area contributed by atoms with E-state index in [4.69, 9.17) is 4.42 Å². The van der Waals surface area contributed by atoms with Gasteiger partial charge in [0.25, 0.3) is 0 Å². The number of hydrogen-bond acceptors (Lipinski definition) is 4. The summed E-state index contributed by atoms with van der Waals surface area (Å²) in [6.45, 7) is 1.69. The lowest BCUT2D eigenvalue weighted by atomic mass is 10.1. The highest BCUT2D eigenvalue weighted by molar-refractivity contribution is 5.93. The van der Waals surface area contributed by atoms with E-state index in [1.165, 1.54) is 7.11 Å². The fraction of sp³-hybridized carbons (Fsp3) is 0.167. The van der Waals surface area contributed by atoms with Crippen LogP contribution in [-0.2, 0) is 4.74 Å². The van der Waals surface area contributed by atoms with Crippen molar-refractivity contribution < 1.29 is 13.9 Å². The Hall–Kier alpha value is -2.10. The van der Waals surface area contributed by atoms with E-state index in [1.54, 1.807) is 6.92 Å². The van der Waals surface area contributed by atoms with Crippen molar-refractivity contribution in [1.29, 1.82) is 0 Å². The van der Waals surface area contributed by atoms with Crippen LogP contribution in [0.25, 0.3) is 11.3 Å². The molecule has 1 aromatic heterocycles. The van der Waals surface area contributed by atoms with Crippen molar-refractivity contribution in [1.82, 2.24) is 4.98 Å². The molecule has 0 aliphatic carbocycles. The molecule has 82 valence electrons. The maximum Gasteiger partial charge on any atom is 0.360 e. The second-order valence-electron chi connectivity index (χ2n) is 3.27. The van der Waals surface area contributed by atoms with Crippen LogP contribution >= 0.6 is 0 Å². The van der Waals surface area contributed by atoms with Gasteiger partial charge < -0.3 is 9.15 Å². The van der Waals surface area contributed by atoms with Crippen molar-refractivity contribution in [2.45, 2.75) is 6.92 Å². The molecule has 1 aromatic carbocycles. The molecule has 0 atom stereocenters. The van der Waals surface area contributed by atoms with Crippen molar-refractivity contribution in [3.05, 3.63) is 41.9 Å². The van der Waals surface area contributed by atoms with Crippen molar-refractivity contribution >= 4 is 5.97 Å². The van der Waals surface area contributed by atoms with E-state index in [-0.39, 0.29) is 5.69 Å². The van der Waals surface area contributed by atoms with E-state index in [9.17, 15) is 4.79 Å². The molecule has 0 radical (unpaired) electrons. The number of esters is 1. The number of hydrogen-bond donors (Lipinski definition) is 0. The summed E-state index contributed by atoms with van der Waals surface area (Å²) in [4.78, 5) is 15.5. The lowest BCUT2D eigenvalue weighted by molar-refractivity contribution is 0.0595. The summed E-state index contributed by atoms with van der Waals surface area (Å²) in [6, 6.07) is 9.34. The number of ether oxygens (including phenoxy) is 1. The van der Waals surface area contributed by atoms with Gasteiger partial charge in [-0.15, -0.1) is 0 Å². The molecule has 1 heterocycles. The summed E-state index contributed by atoms with van der Waals surface area (Å²) in [5.41, 5.74) is 1.02. The van der Waals surface area contributed by atoms with Crippen molar-refractivity contribution in [2.24, 2.45) is 0 Å². The van der Waals surface area contributed by atoms with Gasteiger partial charge >= 0.3 is 5.97 Å². The predicted molar refractivity (Wildman–Crippen MR) is 58.0 cm³/mol. The Labute approximate surface area is 92.9 Å². The highest BCUT2D eigenvalue weighted by atomic mass is 16.5. The Kier molecular flexibility index (Phi) is 2.72. The first-order valence-electron chi connectivity index (χ1n) is 4.83. The molecule has 0 aliphatic heterocycles. The molecule has 0 aliphatic rings. The maximum absolute atomic E-state index is 11.5. The van der Waals surface area contributed by atoms with Crippen LogP contribution < -0.4 is 0 Å². The average Bonchev–Trinajstić information content (AvgIpc) is 2.71. The fourth-order valence-corrected chi connectivity index (χ4v) is 1.45. The van der Waals surface area contributed by atoms with Crippen LogP contribution in [0.15, 0.2) is 34.7 Å². The molecule has 0 saturated heterocycles. The summed E-state index contributed by atoms with van der Waals surface area (Å²) >= 11 is 0. The molecule has 2 aromatic rings. The number of benzene rings is 1. The molecule has 0 bridgehead atoms. The molecule has 0 saturated carbocycles. The third-order valence-electron chi connectivity index (χ3n) is 2.15. The first-order chi connectivity index (χ1) is 7.72. The van der Waals surface area contributed by atoms with Crippen LogP contribution in [0, 0.1) is 6.92 Å². The molecule has 16 heavy (non-hydrogen) atoms. The number of nitrogens with zero attached hydrogens (tertiary/aromatic N) is 1. The monoisotopic (exact) mass is 217 g/mol. The van der Waals surface area contributed by atoms with E-state index < -0.39 is 5.97 Å². The average molecular weight is 217 g/mol. The quantitative estimate of drug-likeness (QED) is 0.725. The number of carbonyl (C=O) groups is 1. The van der Waals surface area contributed by atoms with Gasteiger partial charge in [-0.2, -0.15) is 0 Å². The highest BCUT2D eigenvalue weighted by Gasteiger charge is 2.20. The summed E-state index contributed by atoms with van der Waals surface area (Å²) in [5.74, 6) is 0.403. The molecule has 0 N–H and O–H groups in total. The third kappa shape index (κ3) is 1.82. The van der Waals surface area contributed by atoms with E-state index in [2.05, 4.69) is 9.72 Å². The Balaban J connectivity index is 2.53. The zero-order valence-electron chi connectivity index (χ0n) is 9.06. The van der Waals surface area contributed by atoms with E-state index in [0.717, 1.165) is 5.56 Å². The smallest absolute Gasteiger partial charge is 0.360 e. The third-order valence-corrected chi connectivity index (χ3v) is 2.15. The molecule has 4 nitrogen and oxygen atoms in total. The second kappa shape index (κ2) is 4.18. The van der Waals surface area contributed by atoms with Crippen LogP contribution in [0.5, 0.6) is 0 Å². The zero-order valence-corrected chi connectivity index (χ0v) is 9.06. The minimum absolute atomic E-state index is 0.214. The molecule has 0 unspecified atom stereocenters. The molecule has 0 fully saturated rings. The number of aromatic nitrogens is 1. The van der Waals surface area contributed by atoms with E-state index in [0.29, 0.717) is 11.7 Å². The number of methoxy groups -OCH3 is 1. The summed E-state index contributed by atoms with van der Waals surface area (Å²) in [7, 11) is 1.32. The summed E-state index contributed by atoms with van der Waals surface area (Å²) in [6.07, 6.45) is 0. The second-order valence-corrected chi connectivity index (χ2v) is 3.27. The number of carbonyl (C=O) groups excluding carboxylic acids is 1. The van der Waals surface area contributed by atoms with Gasteiger partial charge in [0.1, 0.15) is 0 Å². The molecular weight excluding hydrogens is 206 g/mol. The Bertz CT molecular complexity index is 502. The first-order valence-corrected chi connectivity index (χ1v) is 4.83. The van der Waals surface area contributed by atoms with Crippen molar-refractivity contribution in [2.75, 3.05) is 7.11 Å². The molecule has 4 heteroatoms. The van der Waals surface area contributed by atoms with Crippen molar-refractivity contribution in [3.63, 3.8) is 0 Å². The van der Waals surface area contributed by atoms with Crippen LogP contribution in [0.4, 0.5) is 0 Å². The largest absolute Gasteiger partial charge is 0.464 e. The van der Waals surface area contributed by atoms with E-state index in [1.807, 2.05) is 30.3 Å². The van der Waals surface area contributed by atoms with Gasteiger partial charge in [0.15, 0.2) is 17.3 Å². The zero-order chi connectivity index (χ0) is 11.5. The van der Waals surface area contributed by atoms with Gasteiger partial charge in [0.2, 0.25) is 0 Å². The van der Waals surface area contributed by atoms with Crippen LogP contribution in [0.3, 0.4) is 0 Å². The Morgan fingerprint density at radius 3 is 2.62 bits per heavy atom. The topological polar surface area (TPSA) is 52.3 Å². The lowest BCUT2D eigenvalue weighted by Gasteiger charge is -1.98. The van der Waals surface area contributed by atoms with Gasteiger partial charge in [-0.1, -0.05) is 30.3 Å². The van der Waals surface area contributed by atoms with E-state index >= 15 is 0 Å². The standard InChI is InChI=1S/C12H11NO3/c1-8-13-10(12(14)15-2)11(16-8)9-6-4-3-5-7-9/h3-7H,1-2H3. The van der Waals surface area contributed by atoms with Crippen molar-refractivity contribution in [3.8, 4) is 11.3 Å². The van der Waals surface area contributed by atoms with Gasteiger partial charge in [-0.25, -0.2) is 9.78 Å². The summed E-state index contributed by atoms with van der Waals surface area (Å²) in [5, 5.41) is 0. The fourth-order valence-electron chi connectivity index (χ4n) is 1.45. The first kappa shape index (κ1) is 10.4. The molecular formula is C12H11NO3. The summed E-state index contributed by atoms with van der Waals surface area (Å²) < 4.78 is 10.1. The van der Waals surface area contributed by atoms with Gasteiger partial charge in [-0.05, 0) is 0 Å². The van der Waals surface area contributed by atoms with Crippen LogP contribution in [0.1, 0.15) is 16.4 Å². The number of oxazole rings is 1. The number of rotatable bonds is 2. The van der Waals surface area contributed by atoms with Gasteiger partial charge in [0, 0.05) is 12.5 Å². The molecule has 2 rings (SSSR count). The normalized spacial score (nSPS) is 10.1. The Morgan fingerprint density at radius 2 is 2.00 bits per heavy atom. The molecule has 0 amide bonds. The van der Waals surface area contributed by atoms with Gasteiger partial charge in [-0.3, -0.25) is 0 Å². The SMILES string of the molecule is COC(=O)c1nc(C)oc1-c1ccccc1. The molecule has 0 spiro atoms. The maximum atomic E-state index is 11.5. The number of aryl methyl sites for hydroxylation is 1. The Morgan fingerprint density at radius 1 is 1.31 bits per heavy atom. The minimum atomic E-state index is -0.490. The minimum Gasteiger partial charge on any atom is -0.464 e. The lowest BCUT2D eigenvalue weighted by Crippen LogP contribution is -2.03.